The molecule has 0 unspecified atom stereocenters. The van der Waals surface area contributed by atoms with Gasteiger partial charge in [-0.05, 0) is 23.8 Å². The monoisotopic (exact) mass is 316 g/mol. The summed E-state index contributed by atoms with van der Waals surface area (Å²) in [5, 5.41) is 3.18. The first kappa shape index (κ1) is 14.5. The highest BCUT2D eigenvalue weighted by molar-refractivity contribution is 7.22. The van der Waals surface area contributed by atoms with Crippen molar-refractivity contribution in [2.45, 2.75) is 6.42 Å². The molecule has 0 saturated heterocycles. The van der Waals surface area contributed by atoms with E-state index in [1.165, 1.54) is 17.4 Å². The van der Waals surface area contributed by atoms with Crippen molar-refractivity contribution in [1.29, 1.82) is 0 Å². The Hall–Kier alpha value is -2.47. The number of nitrogens with zero attached hydrogens (tertiary/aromatic N) is 1. The van der Waals surface area contributed by atoms with Crippen molar-refractivity contribution in [3.8, 4) is 5.75 Å². The van der Waals surface area contributed by atoms with Crippen LogP contribution in [0.15, 0.2) is 42.5 Å². The number of hydrogen-bond acceptors (Lipinski definition) is 4. The Kier molecular flexibility index (Phi) is 4.02. The number of hydrogen-bond donors (Lipinski definition) is 1. The number of thiazole rings is 1. The van der Waals surface area contributed by atoms with E-state index in [0.717, 1.165) is 4.70 Å². The Balaban J connectivity index is 1.78. The van der Waals surface area contributed by atoms with Crippen molar-refractivity contribution < 1.29 is 13.9 Å². The van der Waals surface area contributed by atoms with Crippen LogP contribution < -0.4 is 10.1 Å². The highest BCUT2D eigenvalue weighted by atomic mass is 32.1. The Morgan fingerprint density at radius 3 is 2.86 bits per heavy atom. The number of rotatable bonds is 4. The summed E-state index contributed by atoms with van der Waals surface area (Å²) in [5.74, 6) is -0.0323. The molecule has 0 spiro atoms. The van der Waals surface area contributed by atoms with Crippen LogP contribution in [0.1, 0.15) is 5.56 Å². The van der Waals surface area contributed by atoms with E-state index in [2.05, 4.69) is 10.3 Å². The van der Waals surface area contributed by atoms with Crippen LogP contribution in [0.3, 0.4) is 0 Å². The molecule has 3 rings (SSSR count). The number of carbonyl (C=O) groups is 1. The fourth-order valence-corrected chi connectivity index (χ4v) is 3.02. The predicted octanol–water partition coefficient (Wildman–Crippen LogP) is 3.63. The molecule has 3 aromatic rings. The molecule has 6 heteroatoms. The van der Waals surface area contributed by atoms with Crippen LogP contribution in [0.2, 0.25) is 0 Å². The first-order valence-electron chi connectivity index (χ1n) is 6.64. The Labute approximate surface area is 130 Å². The smallest absolute Gasteiger partial charge is 0.230 e. The molecular formula is C16H13FN2O2S. The van der Waals surface area contributed by atoms with Gasteiger partial charge in [0.05, 0.1) is 18.2 Å². The van der Waals surface area contributed by atoms with Crippen LogP contribution in [0.25, 0.3) is 10.2 Å². The zero-order valence-corrected chi connectivity index (χ0v) is 12.6. The van der Waals surface area contributed by atoms with E-state index < -0.39 is 0 Å². The second-order valence-corrected chi connectivity index (χ2v) is 5.67. The van der Waals surface area contributed by atoms with E-state index in [-0.39, 0.29) is 18.1 Å². The third-order valence-corrected chi connectivity index (χ3v) is 4.09. The van der Waals surface area contributed by atoms with Crippen LogP contribution >= 0.6 is 11.3 Å². The number of benzene rings is 2. The summed E-state index contributed by atoms with van der Waals surface area (Å²) in [6.07, 6.45) is -0.0280. The third-order valence-electron chi connectivity index (χ3n) is 3.16. The average Bonchev–Trinajstić information content (AvgIpc) is 2.91. The minimum absolute atomic E-state index is 0.0280. The fourth-order valence-electron chi connectivity index (χ4n) is 2.12. The van der Waals surface area contributed by atoms with Crippen molar-refractivity contribution in [3.63, 3.8) is 0 Å². The average molecular weight is 316 g/mol. The molecule has 1 amide bonds. The second-order valence-electron chi connectivity index (χ2n) is 4.64. The van der Waals surface area contributed by atoms with E-state index >= 15 is 0 Å². The second kappa shape index (κ2) is 6.11. The van der Waals surface area contributed by atoms with Crippen molar-refractivity contribution >= 4 is 32.6 Å². The molecule has 22 heavy (non-hydrogen) atoms. The number of amides is 1. The molecule has 112 valence electrons. The maximum absolute atomic E-state index is 13.5. The summed E-state index contributed by atoms with van der Waals surface area (Å²) < 4.78 is 19.7. The lowest BCUT2D eigenvalue weighted by Crippen LogP contribution is -2.14. The lowest BCUT2D eigenvalue weighted by atomic mass is 10.1. The van der Waals surface area contributed by atoms with Crippen molar-refractivity contribution in [1.82, 2.24) is 4.98 Å². The molecular weight excluding hydrogens is 303 g/mol. The van der Waals surface area contributed by atoms with Gasteiger partial charge in [0.25, 0.3) is 0 Å². The first-order chi connectivity index (χ1) is 10.7. The van der Waals surface area contributed by atoms with E-state index in [9.17, 15) is 9.18 Å². The van der Waals surface area contributed by atoms with Gasteiger partial charge in [-0.15, -0.1) is 0 Å². The molecule has 4 nitrogen and oxygen atoms in total. The third kappa shape index (κ3) is 2.92. The van der Waals surface area contributed by atoms with Gasteiger partial charge in [0, 0.05) is 0 Å². The number of aromatic nitrogens is 1. The van der Waals surface area contributed by atoms with E-state index in [4.69, 9.17) is 4.74 Å². The molecule has 0 atom stereocenters. The van der Waals surface area contributed by atoms with Crippen LogP contribution in [0.5, 0.6) is 5.75 Å². The summed E-state index contributed by atoms with van der Waals surface area (Å²) in [6, 6.07) is 11.8. The number of anilines is 1. The SMILES string of the molecule is COc1cccc2sc(NC(=O)Cc3ccccc3F)nc12. The lowest BCUT2D eigenvalue weighted by Gasteiger charge is -2.03. The molecule has 1 aromatic heterocycles. The molecule has 0 saturated carbocycles. The summed E-state index contributed by atoms with van der Waals surface area (Å²) in [4.78, 5) is 16.4. The summed E-state index contributed by atoms with van der Waals surface area (Å²) in [7, 11) is 1.57. The van der Waals surface area contributed by atoms with E-state index in [1.807, 2.05) is 18.2 Å². The number of halogens is 1. The van der Waals surface area contributed by atoms with Crippen LogP contribution in [0, 0.1) is 5.82 Å². The zero-order valence-electron chi connectivity index (χ0n) is 11.8. The van der Waals surface area contributed by atoms with Gasteiger partial charge in [-0.1, -0.05) is 35.6 Å². The van der Waals surface area contributed by atoms with Crippen molar-refractivity contribution in [3.05, 3.63) is 53.8 Å². The highest BCUT2D eigenvalue weighted by Crippen LogP contribution is 2.32. The molecule has 0 radical (unpaired) electrons. The molecule has 0 aliphatic carbocycles. The van der Waals surface area contributed by atoms with Crippen molar-refractivity contribution in [2.24, 2.45) is 0 Å². The standard InChI is InChI=1S/C16H13FN2O2S/c1-21-12-7-4-8-13-15(12)19-16(22-13)18-14(20)9-10-5-2-3-6-11(10)17/h2-8H,9H2,1H3,(H,18,19,20). The Bertz CT molecular complexity index is 832. The molecule has 0 bridgehead atoms. The van der Waals surface area contributed by atoms with Crippen LogP contribution in [-0.4, -0.2) is 18.0 Å². The Morgan fingerprint density at radius 2 is 2.09 bits per heavy atom. The molecule has 2 aromatic carbocycles. The lowest BCUT2D eigenvalue weighted by molar-refractivity contribution is -0.115. The first-order valence-corrected chi connectivity index (χ1v) is 7.46. The van der Waals surface area contributed by atoms with Crippen molar-refractivity contribution in [2.75, 3.05) is 12.4 Å². The summed E-state index contributed by atoms with van der Waals surface area (Å²) in [5.41, 5.74) is 1.06. The normalized spacial score (nSPS) is 10.6. The highest BCUT2D eigenvalue weighted by Gasteiger charge is 2.12. The van der Waals surface area contributed by atoms with Gasteiger partial charge in [-0.3, -0.25) is 4.79 Å². The number of carbonyl (C=O) groups excluding carboxylic acids is 1. The van der Waals surface area contributed by atoms with Gasteiger partial charge >= 0.3 is 0 Å². The quantitative estimate of drug-likeness (QED) is 0.800. The summed E-state index contributed by atoms with van der Waals surface area (Å²) >= 11 is 1.35. The van der Waals surface area contributed by atoms with E-state index in [1.54, 1.807) is 25.3 Å². The molecule has 0 fully saturated rings. The molecule has 1 heterocycles. The fraction of sp³-hybridized carbons (Fsp3) is 0.125. The van der Waals surface area contributed by atoms with E-state index in [0.29, 0.717) is 22.0 Å². The molecule has 1 N–H and O–H groups in total. The van der Waals surface area contributed by atoms with Gasteiger partial charge in [-0.25, -0.2) is 9.37 Å². The van der Waals surface area contributed by atoms with Crippen LogP contribution in [-0.2, 0) is 11.2 Å². The maximum Gasteiger partial charge on any atom is 0.230 e. The number of para-hydroxylation sites is 1. The molecule has 0 aliphatic heterocycles. The van der Waals surface area contributed by atoms with Gasteiger partial charge < -0.3 is 10.1 Å². The minimum Gasteiger partial charge on any atom is -0.494 e. The number of fused-ring (bicyclic) bond motifs is 1. The number of methoxy groups -OCH3 is 1. The van der Waals surface area contributed by atoms with Gasteiger partial charge in [0.2, 0.25) is 5.91 Å². The van der Waals surface area contributed by atoms with Gasteiger partial charge in [0.1, 0.15) is 17.1 Å². The molecule has 0 aliphatic rings. The Morgan fingerprint density at radius 1 is 1.27 bits per heavy atom. The minimum atomic E-state index is -0.386. The van der Waals surface area contributed by atoms with Crippen LogP contribution in [0.4, 0.5) is 9.52 Å². The largest absolute Gasteiger partial charge is 0.494 e. The predicted molar refractivity (Wildman–Crippen MR) is 84.9 cm³/mol. The summed E-state index contributed by atoms with van der Waals surface area (Å²) in [6.45, 7) is 0. The maximum atomic E-state index is 13.5. The number of ether oxygens (including phenoxy) is 1. The van der Waals surface area contributed by atoms with Gasteiger partial charge in [0.15, 0.2) is 5.13 Å². The topological polar surface area (TPSA) is 51.2 Å². The number of nitrogens with one attached hydrogen (secondary N) is 1. The van der Waals surface area contributed by atoms with Gasteiger partial charge in [-0.2, -0.15) is 0 Å². The zero-order chi connectivity index (χ0) is 15.5.